The lowest BCUT2D eigenvalue weighted by atomic mass is 10.2. The van der Waals surface area contributed by atoms with Gasteiger partial charge in [-0.1, -0.05) is 13.3 Å². The van der Waals surface area contributed by atoms with E-state index in [4.69, 9.17) is 0 Å². The van der Waals surface area contributed by atoms with Gasteiger partial charge in [-0.3, -0.25) is 4.21 Å². The first-order chi connectivity index (χ1) is 6.90. The maximum Gasteiger partial charge on any atom is 0.126 e. The fourth-order valence-corrected chi connectivity index (χ4v) is 2.09. The van der Waals surface area contributed by atoms with Gasteiger partial charge in [0.05, 0.1) is 5.69 Å². The SMILES string of the molecule is CCCc1cc(C=S(C)(C)=O)nc(C)n1. The molecule has 84 valence electrons. The Kier molecular flexibility index (Phi) is 3.85. The van der Waals surface area contributed by atoms with E-state index in [1.54, 1.807) is 17.9 Å². The van der Waals surface area contributed by atoms with Gasteiger partial charge < -0.3 is 0 Å². The van der Waals surface area contributed by atoms with Crippen LogP contribution in [-0.2, 0) is 15.9 Å². The molecule has 0 spiro atoms. The first kappa shape index (κ1) is 12.2. The Morgan fingerprint density at radius 1 is 1.40 bits per heavy atom. The molecule has 1 aromatic heterocycles. The van der Waals surface area contributed by atoms with Crippen LogP contribution in [0.3, 0.4) is 0 Å². The summed E-state index contributed by atoms with van der Waals surface area (Å²) in [6, 6.07) is 1.92. The van der Waals surface area contributed by atoms with Crippen molar-refractivity contribution in [3.63, 3.8) is 0 Å². The van der Waals surface area contributed by atoms with Gasteiger partial charge in [-0.25, -0.2) is 9.97 Å². The maximum absolute atomic E-state index is 11.6. The maximum atomic E-state index is 11.6. The van der Waals surface area contributed by atoms with E-state index in [9.17, 15) is 4.21 Å². The zero-order valence-corrected chi connectivity index (χ0v) is 10.6. The van der Waals surface area contributed by atoms with Gasteiger partial charge in [0.15, 0.2) is 0 Å². The summed E-state index contributed by atoms with van der Waals surface area (Å²) in [6.07, 6.45) is 5.43. The molecule has 15 heavy (non-hydrogen) atoms. The Bertz CT molecular complexity index is 452. The molecule has 1 aromatic rings. The lowest BCUT2D eigenvalue weighted by Gasteiger charge is -2.02. The summed E-state index contributed by atoms with van der Waals surface area (Å²) < 4.78 is 11.6. The number of rotatable bonds is 3. The van der Waals surface area contributed by atoms with E-state index in [0.717, 1.165) is 30.1 Å². The average molecular weight is 226 g/mol. The van der Waals surface area contributed by atoms with E-state index >= 15 is 0 Å². The second-order valence-electron chi connectivity index (χ2n) is 4.01. The van der Waals surface area contributed by atoms with Crippen molar-refractivity contribution in [3.8, 4) is 0 Å². The molecule has 0 aromatic carbocycles. The molecule has 0 saturated carbocycles. The van der Waals surface area contributed by atoms with Gasteiger partial charge in [0.1, 0.15) is 5.82 Å². The Balaban J connectivity index is 3.15. The van der Waals surface area contributed by atoms with Crippen molar-refractivity contribution in [3.05, 3.63) is 23.3 Å². The molecule has 0 amide bonds. The first-order valence-corrected chi connectivity index (χ1v) is 7.48. The fourth-order valence-electron chi connectivity index (χ4n) is 1.39. The average Bonchev–Trinajstić information content (AvgIpc) is 1.99. The van der Waals surface area contributed by atoms with Crippen LogP contribution in [0.25, 0.3) is 0 Å². The second-order valence-corrected chi connectivity index (χ2v) is 6.86. The predicted octanol–water partition coefficient (Wildman–Crippen LogP) is 1.43. The van der Waals surface area contributed by atoms with Crippen LogP contribution in [0.5, 0.6) is 0 Å². The third-order valence-corrected chi connectivity index (χ3v) is 2.63. The van der Waals surface area contributed by atoms with Crippen molar-refractivity contribution in [2.45, 2.75) is 26.7 Å². The number of nitrogens with zero attached hydrogens (tertiary/aromatic N) is 2. The van der Waals surface area contributed by atoms with Crippen molar-refractivity contribution < 1.29 is 4.21 Å². The van der Waals surface area contributed by atoms with Crippen molar-refractivity contribution in [1.82, 2.24) is 9.97 Å². The Morgan fingerprint density at radius 2 is 2.07 bits per heavy atom. The van der Waals surface area contributed by atoms with Gasteiger partial charge in [0.25, 0.3) is 0 Å². The normalized spacial score (nSPS) is 11.5. The molecule has 0 bridgehead atoms. The van der Waals surface area contributed by atoms with E-state index in [2.05, 4.69) is 16.9 Å². The summed E-state index contributed by atoms with van der Waals surface area (Å²) in [6.45, 7) is 3.98. The fraction of sp³-hybridized carbons (Fsp3) is 0.545. The molecule has 0 aliphatic carbocycles. The topological polar surface area (TPSA) is 42.9 Å². The minimum atomic E-state index is -1.89. The molecule has 0 atom stereocenters. The number of hydrogen-bond donors (Lipinski definition) is 0. The summed E-state index contributed by atoms with van der Waals surface area (Å²) in [7, 11) is -1.89. The third kappa shape index (κ3) is 4.42. The summed E-state index contributed by atoms with van der Waals surface area (Å²) in [5.41, 5.74) is 1.81. The van der Waals surface area contributed by atoms with Gasteiger partial charge in [-0.05, 0) is 28.9 Å². The summed E-state index contributed by atoms with van der Waals surface area (Å²) in [5, 5.41) is 1.72. The van der Waals surface area contributed by atoms with Crippen molar-refractivity contribution in [2.75, 3.05) is 12.5 Å². The van der Waals surface area contributed by atoms with E-state index < -0.39 is 9.52 Å². The van der Waals surface area contributed by atoms with E-state index in [-0.39, 0.29) is 0 Å². The molecule has 3 nitrogen and oxygen atoms in total. The summed E-state index contributed by atoms with van der Waals surface area (Å²) in [4.78, 5) is 8.59. The van der Waals surface area contributed by atoms with Gasteiger partial charge in [-0.2, -0.15) is 0 Å². The monoisotopic (exact) mass is 226 g/mol. The highest BCUT2D eigenvalue weighted by Crippen LogP contribution is 2.03. The molecule has 0 aliphatic rings. The summed E-state index contributed by atoms with van der Waals surface area (Å²) >= 11 is 0. The first-order valence-electron chi connectivity index (χ1n) is 5.04. The Morgan fingerprint density at radius 3 is 2.60 bits per heavy atom. The molecule has 0 fully saturated rings. The van der Waals surface area contributed by atoms with E-state index in [1.165, 1.54) is 0 Å². The molecule has 1 heterocycles. The van der Waals surface area contributed by atoms with Gasteiger partial charge in [0, 0.05) is 23.6 Å². The minimum Gasteiger partial charge on any atom is -0.268 e. The van der Waals surface area contributed by atoms with E-state index in [1.807, 2.05) is 13.0 Å². The van der Waals surface area contributed by atoms with Crippen LogP contribution in [0.15, 0.2) is 6.07 Å². The van der Waals surface area contributed by atoms with Crippen LogP contribution < -0.4 is 0 Å². The van der Waals surface area contributed by atoms with Crippen LogP contribution in [-0.4, -0.2) is 32.1 Å². The zero-order valence-electron chi connectivity index (χ0n) is 9.78. The van der Waals surface area contributed by atoms with Gasteiger partial charge >= 0.3 is 0 Å². The smallest absolute Gasteiger partial charge is 0.126 e. The molecule has 0 saturated heterocycles. The summed E-state index contributed by atoms with van der Waals surface area (Å²) in [5.74, 6) is 0.746. The van der Waals surface area contributed by atoms with Crippen LogP contribution >= 0.6 is 0 Å². The molecule has 0 unspecified atom stereocenters. The molecular weight excluding hydrogens is 208 g/mol. The zero-order chi connectivity index (χ0) is 11.5. The lowest BCUT2D eigenvalue weighted by molar-refractivity contribution is 0.688. The van der Waals surface area contributed by atoms with Gasteiger partial charge in [0.2, 0.25) is 0 Å². The highest BCUT2D eigenvalue weighted by atomic mass is 32.2. The molecule has 0 aliphatic heterocycles. The van der Waals surface area contributed by atoms with Crippen LogP contribution in [0.4, 0.5) is 0 Å². The van der Waals surface area contributed by atoms with Crippen LogP contribution in [0, 0.1) is 6.92 Å². The highest BCUT2D eigenvalue weighted by Gasteiger charge is 2.00. The number of aryl methyl sites for hydroxylation is 2. The van der Waals surface area contributed by atoms with Crippen LogP contribution in [0.1, 0.15) is 30.6 Å². The number of hydrogen-bond acceptors (Lipinski definition) is 3. The van der Waals surface area contributed by atoms with Crippen molar-refractivity contribution in [1.29, 1.82) is 0 Å². The standard InChI is InChI=1S/C11H18N2OS/c1-5-6-10-7-11(8-15(3,4)14)13-9(2)12-10/h7-8H,5-6H2,1-4H3. The molecular formula is C11H18N2OS. The molecule has 0 N–H and O–H groups in total. The lowest BCUT2D eigenvalue weighted by Crippen LogP contribution is -2.04. The van der Waals surface area contributed by atoms with Crippen molar-refractivity contribution >= 4 is 14.9 Å². The Hall–Kier alpha value is -0.900. The minimum absolute atomic E-state index is 0.746. The highest BCUT2D eigenvalue weighted by molar-refractivity contribution is 8.00. The molecule has 4 heteroatoms. The third-order valence-electron chi connectivity index (χ3n) is 1.82. The predicted molar refractivity (Wildman–Crippen MR) is 65.9 cm³/mol. The van der Waals surface area contributed by atoms with Crippen molar-refractivity contribution in [2.24, 2.45) is 0 Å². The van der Waals surface area contributed by atoms with E-state index in [0.29, 0.717) is 0 Å². The second kappa shape index (κ2) is 4.75. The Labute approximate surface area is 92.0 Å². The molecule has 1 rings (SSSR count). The molecule has 0 radical (unpaired) electrons. The van der Waals surface area contributed by atoms with Crippen LogP contribution in [0.2, 0.25) is 0 Å². The quantitative estimate of drug-likeness (QED) is 0.732. The number of aromatic nitrogens is 2. The largest absolute Gasteiger partial charge is 0.268 e. The van der Waals surface area contributed by atoms with Gasteiger partial charge in [-0.15, -0.1) is 0 Å².